The summed E-state index contributed by atoms with van der Waals surface area (Å²) in [6, 6.07) is 11.9. The van der Waals surface area contributed by atoms with Crippen LogP contribution >= 0.6 is 0 Å². The number of hydrogen-bond acceptors (Lipinski definition) is 4. The van der Waals surface area contributed by atoms with Gasteiger partial charge < -0.3 is 10.8 Å². The van der Waals surface area contributed by atoms with Gasteiger partial charge in [-0.3, -0.25) is 0 Å². The standard InChI is InChI=1S/C14H15FN2O3S/c15-12-8-11(6-7-13(12)16)21(19,20)17-9-14(18)10-4-2-1-3-5-10/h1-8,14,17-18H,9,16H2. The molecule has 1 atom stereocenters. The number of nitrogens with one attached hydrogen (secondary N) is 1. The molecule has 0 aliphatic heterocycles. The zero-order valence-electron chi connectivity index (χ0n) is 11.0. The summed E-state index contributed by atoms with van der Waals surface area (Å²) in [6.07, 6.45) is -0.986. The molecule has 4 N–H and O–H groups in total. The van der Waals surface area contributed by atoms with Crippen LogP contribution in [0.4, 0.5) is 10.1 Å². The summed E-state index contributed by atoms with van der Waals surface area (Å²) in [5.41, 5.74) is 5.76. The topological polar surface area (TPSA) is 92.4 Å². The van der Waals surface area contributed by atoms with Crippen molar-refractivity contribution in [3.8, 4) is 0 Å². The molecule has 1 unspecified atom stereocenters. The highest BCUT2D eigenvalue weighted by molar-refractivity contribution is 7.89. The van der Waals surface area contributed by atoms with Crippen molar-refractivity contribution in [1.82, 2.24) is 4.72 Å². The first kappa shape index (κ1) is 15.4. The number of hydrogen-bond donors (Lipinski definition) is 3. The van der Waals surface area contributed by atoms with Crippen molar-refractivity contribution in [1.29, 1.82) is 0 Å². The van der Waals surface area contributed by atoms with E-state index >= 15 is 0 Å². The van der Waals surface area contributed by atoms with Gasteiger partial charge in [-0.1, -0.05) is 30.3 Å². The Kier molecular flexibility index (Phi) is 4.56. The quantitative estimate of drug-likeness (QED) is 0.728. The fraction of sp³-hybridized carbons (Fsp3) is 0.143. The van der Waals surface area contributed by atoms with E-state index in [9.17, 15) is 17.9 Å². The Morgan fingerprint density at radius 1 is 1.19 bits per heavy atom. The first-order valence-electron chi connectivity index (χ1n) is 6.18. The Labute approximate surface area is 122 Å². The predicted octanol–water partition coefficient (Wildman–Crippen LogP) is 1.42. The summed E-state index contributed by atoms with van der Waals surface area (Å²) in [7, 11) is -3.91. The summed E-state index contributed by atoms with van der Waals surface area (Å²) in [5.74, 6) is -0.804. The molecule has 0 saturated carbocycles. The maximum absolute atomic E-state index is 13.3. The van der Waals surface area contributed by atoms with E-state index in [2.05, 4.69) is 4.72 Å². The average Bonchev–Trinajstić information content (AvgIpc) is 2.48. The minimum absolute atomic E-state index is 0.127. The van der Waals surface area contributed by atoms with Crippen LogP contribution in [0.3, 0.4) is 0 Å². The van der Waals surface area contributed by atoms with E-state index in [1.807, 2.05) is 0 Å². The predicted molar refractivity (Wildman–Crippen MR) is 77.4 cm³/mol. The normalized spacial score (nSPS) is 13.0. The SMILES string of the molecule is Nc1ccc(S(=O)(=O)NCC(O)c2ccccc2)cc1F. The van der Waals surface area contributed by atoms with Crippen LogP contribution in [0.2, 0.25) is 0 Å². The van der Waals surface area contributed by atoms with Gasteiger partial charge in [-0.15, -0.1) is 0 Å². The maximum atomic E-state index is 13.3. The van der Waals surface area contributed by atoms with Crippen molar-refractivity contribution in [2.45, 2.75) is 11.0 Å². The van der Waals surface area contributed by atoms with Crippen LogP contribution in [-0.2, 0) is 10.0 Å². The number of anilines is 1. The molecule has 0 aromatic heterocycles. The Morgan fingerprint density at radius 2 is 1.86 bits per heavy atom. The van der Waals surface area contributed by atoms with Crippen LogP contribution in [0.5, 0.6) is 0 Å². The van der Waals surface area contributed by atoms with Crippen molar-refractivity contribution in [3.05, 3.63) is 59.9 Å². The molecule has 21 heavy (non-hydrogen) atoms. The molecule has 0 fully saturated rings. The van der Waals surface area contributed by atoms with Crippen LogP contribution in [-0.4, -0.2) is 20.1 Å². The molecule has 0 radical (unpaired) electrons. The van der Waals surface area contributed by atoms with Gasteiger partial charge in [-0.05, 0) is 23.8 Å². The van der Waals surface area contributed by atoms with Crippen molar-refractivity contribution < 1.29 is 17.9 Å². The highest BCUT2D eigenvalue weighted by atomic mass is 32.2. The zero-order chi connectivity index (χ0) is 15.5. The third-order valence-electron chi connectivity index (χ3n) is 2.93. The maximum Gasteiger partial charge on any atom is 0.240 e. The highest BCUT2D eigenvalue weighted by Gasteiger charge is 2.17. The van der Waals surface area contributed by atoms with Crippen molar-refractivity contribution in [2.24, 2.45) is 0 Å². The molecule has 0 aliphatic carbocycles. The van der Waals surface area contributed by atoms with E-state index < -0.39 is 21.9 Å². The fourth-order valence-corrected chi connectivity index (χ4v) is 2.79. The van der Waals surface area contributed by atoms with Gasteiger partial charge in [0.25, 0.3) is 0 Å². The van der Waals surface area contributed by atoms with Crippen LogP contribution in [0.25, 0.3) is 0 Å². The monoisotopic (exact) mass is 310 g/mol. The summed E-state index contributed by atoms with van der Waals surface area (Å²) in [6.45, 7) is -0.210. The molecule has 0 bridgehead atoms. The van der Waals surface area contributed by atoms with Crippen molar-refractivity contribution in [2.75, 3.05) is 12.3 Å². The molecule has 0 spiro atoms. The summed E-state index contributed by atoms with van der Waals surface area (Å²) >= 11 is 0. The largest absolute Gasteiger partial charge is 0.396 e. The first-order chi connectivity index (χ1) is 9.90. The van der Waals surface area contributed by atoms with Crippen LogP contribution in [0, 0.1) is 5.82 Å². The number of halogens is 1. The lowest BCUT2D eigenvalue weighted by atomic mass is 10.1. The smallest absolute Gasteiger partial charge is 0.240 e. The van der Waals surface area contributed by atoms with Gasteiger partial charge >= 0.3 is 0 Å². The third-order valence-corrected chi connectivity index (χ3v) is 4.35. The summed E-state index contributed by atoms with van der Waals surface area (Å²) in [4.78, 5) is -0.241. The third kappa shape index (κ3) is 3.78. The average molecular weight is 310 g/mol. The van der Waals surface area contributed by atoms with Crippen LogP contribution in [0.15, 0.2) is 53.4 Å². The van der Waals surface area contributed by atoms with E-state index in [1.165, 1.54) is 12.1 Å². The molecule has 0 saturated heterocycles. The lowest BCUT2D eigenvalue weighted by Crippen LogP contribution is -2.28. The van der Waals surface area contributed by atoms with Gasteiger partial charge in [0.05, 0.1) is 16.7 Å². The van der Waals surface area contributed by atoms with Gasteiger partial charge in [0.2, 0.25) is 10.0 Å². The van der Waals surface area contributed by atoms with Crippen molar-refractivity contribution >= 4 is 15.7 Å². The lowest BCUT2D eigenvalue weighted by Gasteiger charge is -2.13. The highest BCUT2D eigenvalue weighted by Crippen LogP contribution is 2.17. The van der Waals surface area contributed by atoms with Gasteiger partial charge in [-0.25, -0.2) is 17.5 Å². The Hall–Kier alpha value is -1.96. The molecule has 2 aromatic carbocycles. The first-order valence-corrected chi connectivity index (χ1v) is 7.66. The number of nitrogens with two attached hydrogens (primary N) is 1. The number of sulfonamides is 1. The minimum Gasteiger partial charge on any atom is -0.396 e. The molecule has 0 aliphatic rings. The molecular formula is C14H15FN2O3S. The second-order valence-electron chi connectivity index (χ2n) is 4.46. The number of nitrogen functional groups attached to an aromatic ring is 1. The van der Waals surface area contributed by atoms with Gasteiger partial charge in [0.1, 0.15) is 5.82 Å². The molecular weight excluding hydrogens is 295 g/mol. The van der Waals surface area contributed by atoms with Crippen LogP contribution < -0.4 is 10.5 Å². The van der Waals surface area contributed by atoms with E-state index in [0.717, 1.165) is 6.07 Å². The lowest BCUT2D eigenvalue weighted by molar-refractivity contribution is 0.182. The van der Waals surface area contributed by atoms with E-state index in [-0.39, 0.29) is 17.1 Å². The Bertz CT molecular complexity index is 720. The summed E-state index contributed by atoms with van der Waals surface area (Å²) < 4.78 is 39.5. The second-order valence-corrected chi connectivity index (χ2v) is 6.23. The van der Waals surface area contributed by atoms with E-state index in [4.69, 9.17) is 5.73 Å². The zero-order valence-corrected chi connectivity index (χ0v) is 11.8. The number of aliphatic hydroxyl groups is 1. The van der Waals surface area contributed by atoms with Gasteiger partial charge in [0, 0.05) is 6.54 Å². The molecule has 5 nitrogen and oxygen atoms in total. The molecule has 112 valence electrons. The van der Waals surface area contributed by atoms with Gasteiger partial charge in [0.15, 0.2) is 0 Å². The molecule has 2 aromatic rings. The number of rotatable bonds is 5. The second kappa shape index (κ2) is 6.21. The van der Waals surface area contributed by atoms with Crippen molar-refractivity contribution in [3.63, 3.8) is 0 Å². The number of aliphatic hydroxyl groups excluding tert-OH is 1. The molecule has 7 heteroatoms. The molecule has 0 amide bonds. The molecule has 0 heterocycles. The fourth-order valence-electron chi connectivity index (χ4n) is 1.74. The Balaban J connectivity index is 2.09. The molecule has 2 rings (SSSR count). The van der Waals surface area contributed by atoms with E-state index in [0.29, 0.717) is 5.56 Å². The minimum atomic E-state index is -3.91. The van der Waals surface area contributed by atoms with Gasteiger partial charge in [-0.2, -0.15) is 0 Å². The van der Waals surface area contributed by atoms with Crippen LogP contribution in [0.1, 0.15) is 11.7 Å². The Morgan fingerprint density at radius 3 is 2.48 bits per heavy atom. The van der Waals surface area contributed by atoms with E-state index in [1.54, 1.807) is 30.3 Å². The number of benzene rings is 2. The summed E-state index contributed by atoms with van der Waals surface area (Å²) in [5, 5.41) is 9.91.